The highest BCUT2D eigenvalue weighted by Gasteiger charge is 2.23. The summed E-state index contributed by atoms with van der Waals surface area (Å²) < 4.78 is 5.78. The Morgan fingerprint density at radius 1 is 0.903 bits per heavy atom. The molecule has 0 radical (unpaired) electrons. The molecule has 0 N–H and O–H groups in total. The normalized spacial score (nSPS) is 13.9. The summed E-state index contributed by atoms with van der Waals surface area (Å²) in [5, 5.41) is 0.685. The maximum absolute atomic E-state index is 13.0. The fraction of sp³-hybridized carbons (Fsp3) is 0.269. The number of anilines is 1. The molecule has 4 rings (SSSR count). The number of carbonyl (C=O) groups is 1. The first-order valence-corrected chi connectivity index (χ1v) is 11.0. The van der Waals surface area contributed by atoms with Crippen LogP contribution in [-0.4, -0.2) is 37.0 Å². The summed E-state index contributed by atoms with van der Waals surface area (Å²) in [6, 6.07) is 21.4. The summed E-state index contributed by atoms with van der Waals surface area (Å²) in [5.41, 5.74) is 5.63. The molecule has 31 heavy (non-hydrogen) atoms. The number of hydrogen-bond acceptors (Lipinski definition) is 3. The second-order valence-electron chi connectivity index (χ2n) is 7.94. The molecular weight excluding hydrogens is 408 g/mol. The molecule has 4 nitrogen and oxygen atoms in total. The van der Waals surface area contributed by atoms with E-state index in [9.17, 15) is 4.79 Å². The predicted octanol–water partition coefficient (Wildman–Crippen LogP) is 5.50. The highest BCUT2D eigenvalue weighted by atomic mass is 35.5. The van der Waals surface area contributed by atoms with Crippen molar-refractivity contribution in [3.05, 3.63) is 94.0 Å². The molecule has 1 heterocycles. The summed E-state index contributed by atoms with van der Waals surface area (Å²) >= 11 is 5.90. The van der Waals surface area contributed by atoms with Gasteiger partial charge in [-0.1, -0.05) is 35.9 Å². The van der Waals surface area contributed by atoms with Crippen LogP contribution in [0.2, 0.25) is 5.02 Å². The number of piperazine rings is 1. The third kappa shape index (κ3) is 5.02. The number of benzene rings is 3. The zero-order valence-electron chi connectivity index (χ0n) is 18.0. The average Bonchev–Trinajstić information content (AvgIpc) is 2.80. The van der Waals surface area contributed by atoms with Crippen LogP contribution in [0.4, 0.5) is 5.69 Å². The van der Waals surface area contributed by atoms with Crippen molar-refractivity contribution in [2.75, 3.05) is 31.1 Å². The first kappa shape index (κ1) is 21.3. The average molecular weight is 435 g/mol. The van der Waals surface area contributed by atoms with Crippen molar-refractivity contribution in [2.24, 2.45) is 0 Å². The summed E-state index contributed by atoms with van der Waals surface area (Å²) in [4.78, 5) is 17.3. The van der Waals surface area contributed by atoms with Gasteiger partial charge >= 0.3 is 0 Å². The largest absolute Gasteiger partial charge is 0.489 e. The zero-order chi connectivity index (χ0) is 21.8. The van der Waals surface area contributed by atoms with Crippen LogP contribution >= 0.6 is 11.6 Å². The van der Waals surface area contributed by atoms with Crippen LogP contribution in [0.25, 0.3) is 0 Å². The SMILES string of the molecule is Cc1cccc(N2CCN(C(=O)c3ccc(COc4ccc(Cl)cc4)cc3)CC2)c1C. The van der Waals surface area contributed by atoms with Crippen molar-refractivity contribution in [3.63, 3.8) is 0 Å². The van der Waals surface area contributed by atoms with E-state index in [1.807, 2.05) is 41.3 Å². The van der Waals surface area contributed by atoms with Crippen LogP contribution in [0.1, 0.15) is 27.0 Å². The Hall–Kier alpha value is -2.98. The number of ether oxygens (including phenoxy) is 1. The zero-order valence-corrected chi connectivity index (χ0v) is 18.7. The minimum Gasteiger partial charge on any atom is -0.489 e. The van der Waals surface area contributed by atoms with E-state index in [1.54, 1.807) is 12.1 Å². The summed E-state index contributed by atoms with van der Waals surface area (Å²) in [6.45, 7) is 7.92. The molecule has 0 saturated carbocycles. The van der Waals surface area contributed by atoms with Gasteiger partial charge in [0.15, 0.2) is 0 Å². The molecule has 1 aliphatic heterocycles. The number of nitrogens with zero attached hydrogens (tertiary/aromatic N) is 2. The Morgan fingerprint density at radius 2 is 1.58 bits per heavy atom. The molecule has 0 spiro atoms. The summed E-state index contributed by atoms with van der Waals surface area (Å²) in [6.07, 6.45) is 0. The van der Waals surface area contributed by atoms with Gasteiger partial charge in [-0.3, -0.25) is 4.79 Å². The Bertz CT molecular complexity index is 1040. The molecule has 1 saturated heterocycles. The number of amides is 1. The van der Waals surface area contributed by atoms with E-state index < -0.39 is 0 Å². The molecule has 3 aromatic rings. The molecule has 0 atom stereocenters. The van der Waals surface area contributed by atoms with E-state index in [2.05, 4.69) is 36.9 Å². The maximum atomic E-state index is 13.0. The van der Waals surface area contributed by atoms with E-state index in [4.69, 9.17) is 16.3 Å². The van der Waals surface area contributed by atoms with Gasteiger partial charge in [0.1, 0.15) is 12.4 Å². The molecule has 0 bridgehead atoms. The smallest absolute Gasteiger partial charge is 0.253 e. The number of aryl methyl sites for hydroxylation is 1. The molecule has 1 amide bonds. The number of carbonyl (C=O) groups excluding carboxylic acids is 1. The molecule has 0 aliphatic carbocycles. The topological polar surface area (TPSA) is 32.8 Å². The molecular formula is C26H27ClN2O2. The van der Waals surface area contributed by atoms with Crippen molar-refractivity contribution in [1.29, 1.82) is 0 Å². The second kappa shape index (κ2) is 9.44. The van der Waals surface area contributed by atoms with Gasteiger partial charge in [0, 0.05) is 42.5 Å². The summed E-state index contributed by atoms with van der Waals surface area (Å²) in [7, 11) is 0. The maximum Gasteiger partial charge on any atom is 0.253 e. The number of hydrogen-bond donors (Lipinski definition) is 0. The van der Waals surface area contributed by atoms with Gasteiger partial charge in [0.05, 0.1) is 0 Å². The van der Waals surface area contributed by atoms with Crippen molar-refractivity contribution in [3.8, 4) is 5.75 Å². The van der Waals surface area contributed by atoms with E-state index >= 15 is 0 Å². The summed E-state index contributed by atoms with van der Waals surface area (Å²) in [5.74, 6) is 0.858. The molecule has 3 aromatic carbocycles. The quantitative estimate of drug-likeness (QED) is 0.531. The van der Waals surface area contributed by atoms with Crippen LogP contribution in [-0.2, 0) is 6.61 Å². The Balaban J connectivity index is 1.32. The number of rotatable bonds is 5. The van der Waals surface area contributed by atoms with E-state index in [-0.39, 0.29) is 5.91 Å². The van der Waals surface area contributed by atoms with Crippen LogP contribution in [0.15, 0.2) is 66.7 Å². The van der Waals surface area contributed by atoms with Crippen LogP contribution in [0.5, 0.6) is 5.75 Å². The molecule has 160 valence electrons. The minimum atomic E-state index is 0.0887. The molecule has 1 aliphatic rings. The van der Waals surface area contributed by atoms with E-state index in [0.717, 1.165) is 43.1 Å². The molecule has 0 unspecified atom stereocenters. The van der Waals surface area contributed by atoms with Crippen molar-refractivity contribution >= 4 is 23.2 Å². The van der Waals surface area contributed by atoms with Crippen molar-refractivity contribution in [2.45, 2.75) is 20.5 Å². The van der Waals surface area contributed by atoms with Crippen molar-refractivity contribution in [1.82, 2.24) is 4.90 Å². The third-order valence-corrected chi connectivity index (χ3v) is 6.16. The lowest BCUT2D eigenvalue weighted by Gasteiger charge is -2.37. The third-order valence-electron chi connectivity index (χ3n) is 5.90. The lowest BCUT2D eigenvalue weighted by molar-refractivity contribution is 0.0746. The van der Waals surface area contributed by atoms with Crippen LogP contribution in [0.3, 0.4) is 0 Å². The number of halogens is 1. The van der Waals surface area contributed by atoms with Gasteiger partial charge in [-0.05, 0) is 73.0 Å². The monoisotopic (exact) mass is 434 g/mol. The van der Waals surface area contributed by atoms with Crippen molar-refractivity contribution < 1.29 is 9.53 Å². The van der Waals surface area contributed by atoms with E-state index in [0.29, 0.717) is 11.6 Å². The van der Waals surface area contributed by atoms with Gasteiger partial charge in [-0.2, -0.15) is 0 Å². The first-order valence-electron chi connectivity index (χ1n) is 10.6. The fourth-order valence-corrected chi connectivity index (χ4v) is 3.98. The first-order chi connectivity index (χ1) is 15.0. The molecule has 0 aromatic heterocycles. The van der Waals surface area contributed by atoms with Gasteiger partial charge in [-0.25, -0.2) is 0 Å². The Labute approximate surface area is 189 Å². The van der Waals surface area contributed by atoms with Gasteiger partial charge in [-0.15, -0.1) is 0 Å². The lowest BCUT2D eigenvalue weighted by atomic mass is 10.1. The van der Waals surface area contributed by atoms with E-state index in [1.165, 1.54) is 16.8 Å². The van der Waals surface area contributed by atoms with Crippen LogP contribution < -0.4 is 9.64 Å². The molecule has 1 fully saturated rings. The van der Waals surface area contributed by atoms with Gasteiger partial charge in [0.25, 0.3) is 5.91 Å². The minimum absolute atomic E-state index is 0.0887. The fourth-order valence-electron chi connectivity index (χ4n) is 3.85. The van der Waals surface area contributed by atoms with Gasteiger partial charge < -0.3 is 14.5 Å². The second-order valence-corrected chi connectivity index (χ2v) is 8.37. The highest BCUT2D eigenvalue weighted by molar-refractivity contribution is 6.30. The molecule has 5 heteroatoms. The van der Waals surface area contributed by atoms with Crippen LogP contribution in [0, 0.1) is 13.8 Å². The Morgan fingerprint density at radius 3 is 2.26 bits per heavy atom. The lowest BCUT2D eigenvalue weighted by Crippen LogP contribution is -2.49. The predicted molar refractivity (Wildman–Crippen MR) is 126 cm³/mol. The standard InChI is InChI=1S/C26H27ClN2O2/c1-19-4-3-5-25(20(19)2)28-14-16-29(17-15-28)26(30)22-8-6-21(7-9-22)18-31-24-12-10-23(27)11-13-24/h3-13H,14-18H2,1-2H3. The van der Waals surface area contributed by atoms with Gasteiger partial charge in [0.2, 0.25) is 0 Å². The highest BCUT2D eigenvalue weighted by Crippen LogP contribution is 2.24. The Kier molecular flexibility index (Phi) is 6.47.